The summed E-state index contributed by atoms with van der Waals surface area (Å²) in [5.74, 6) is 0.774. The number of aromatic nitrogens is 3. The van der Waals surface area contributed by atoms with Gasteiger partial charge in [-0.2, -0.15) is 5.26 Å². The summed E-state index contributed by atoms with van der Waals surface area (Å²) in [5, 5.41) is 22.5. The van der Waals surface area contributed by atoms with Gasteiger partial charge in [-0.25, -0.2) is 9.67 Å². The first kappa shape index (κ1) is 12.1. The number of hydrogen-bond acceptors (Lipinski definition) is 5. The normalized spacial score (nSPS) is 11.8. The largest absolute Gasteiger partial charge is 0.497 e. The summed E-state index contributed by atoms with van der Waals surface area (Å²) in [5.41, 5.74) is 0.725. The second kappa shape index (κ2) is 5.29. The first-order chi connectivity index (χ1) is 8.72. The highest BCUT2D eigenvalue weighted by Crippen LogP contribution is 2.20. The molecule has 2 rings (SSSR count). The van der Waals surface area contributed by atoms with Crippen LogP contribution in [0, 0.1) is 11.3 Å². The van der Waals surface area contributed by atoms with Crippen LogP contribution in [-0.2, 0) is 6.54 Å². The number of hydrogen-bond donors (Lipinski definition) is 1. The van der Waals surface area contributed by atoms with Crippen molar-refractivity contribution in [3.05, 3.63) is 42.0 Å². The van der Waals surface area contributed by atoms with E-state index >= 15 is 0 Å². The fraction of sp³-hybridized carbons (Fsp3) is 0.250. The molecule has 0 amide bonds. The highest BCUT2D eigenvalue weighted by atomic mass is 16.5. The summed E-state index contributed by atoms with van der Waals surface area (Å²) in [6.45, 7) is 0.238. The Balaban J connectivity index is 2.11. The predicted octanol–water partition coefficient (Wildman–Crippen LogP) is 0.892. The van der Waals surface area contributed by atoms with Crippen molar-refractivity contribution in [1.82, 2.24) is 14.8 Å². The molecule has 1 aromatic carbocycles. The third-order valence-electron chi connectivity index (χ3n) is 2.48. The highest BCUT2D eigenvalue weighted by molar-refractivity contribution is 5.29. The van der Waals surface area contributed by atoms with Crippen molar-refractivity contribution in [2.45, 2.75) is 12.6 Å². The Hall–Kier alpha value is -2.39. The van der Waals surface area contributed by atoms with Crippen molar-refractivity contribution in [3.8, 4) is 11.8 Å². The van der Waals surface area contributed by atoms with E-state index in [0.717, 1.165) is 5.56 Å². The summed E-state index contributed by atoms with van der Waals surface area (Å²) in [4.78, 5) is 3.77. The van der Waals surface area contributed by atoms with Gasteiger partial charge in [0.25, 0.3) is 5.82 Å². The van der Waals surface area contributed by atoms with E-state index in [-0.39, 0.29) is 12.4 Å². The van der Waals surface area contributed by atoms with Crippen LogP contribution in [0.1, 0.15) is 17.5 Å². The van der Waals surface area contributed by atoms with Crippen LogP contribution in [0.3, 0.4) is 0 Å². The maximum absolute atomic E-state index is 10.0. The number of benzene rings is 1. The van der Waals surface area contributed by atoms with E-state index in [1.807, 2.05) is 6.07 Å². The van der Waals surface area contributed by atoms with Crippen molar-refractivity contribution in [1.29, 1.82) is 5.26 Å². The molecule has 1 unspecified atom stereocenters. The van der Waals surface area contributed by atoms with Crippen molar-refractivity contribution < 1.29 is 9.84 Å². The average molecular weight is 244 g/mol. The molecule has 0 saturated carbocycles. The molecule has 0 aliphatic heterocycles. The molecule has 0 fully saturated rings. The molecule has 6 nitrogen and oxygen atoms in total. The molecule has 0 radical (unpaired) electrons. The molecule has 0 aliphatic rings. The summed E-state index contributed by atoms with van der Waals surface area (Å²) in [6, 6.07) is 9.00. The lowest BCUT2D eigenvalue weighted by atomic mass is 10.1. The van der Waals surface area contributed by atoms with E-state index in [1.54, 1.807) is 31.4 Å². The van der Waals surface area contributed by atoms with E-state index in [1.165, 1.54) is 11.0 Å². The average Bonchev–Trinajstić information content (AvgIpc) is 2.86. The number of methoxy groups -OCH3 is 1. The molecular formula is C12H12N4O2. The molecule has 1 atom stereocenters. The molecule has 92 valence electrons. The van der Waals surface area contributed by atoms with Gasteiger partial charge in [0.1, 0.15) is 18.1 Å². The Morgan fingerprint density at radius 1 is 1.56 bits per heavy atom. The Labute approximate surface area is 104 Å². The molecule has 1 aromatic heterocycles. The first-order valence-corrected chi connectivity index (χ1v) is 5.34. The number of nitriles is 1. The summed E-state index contributed by atoms with van der Waals surface area (Å²) in [7, 11) is 1.57. The Kier molecular flexibility index (Phi) is 3.55. The number of aliphatic hydroxyl groups excluding tert-OH is 1. The highest BCUT2D eigenvalue weighted by Gasteiger charge is 2.10. The van der Waals surface area contributed by atoms with Gasteiger partial charge in [-0.05, 0) is 17.7 Å². The number of aliphatic hydroxyl groups is 1. The maximum Gasteiger partial charge on any atom is 0.252 e. The first-order valence-electron chi connectivity index (χ1n) is 5.34. The van der Waals surface area contributed by atoms with Gasteiger partial charge in [0, 0.05) is 0 Å². The molecular weight excluding hydrogens is 232 g/mol. The smallest absolute Gasteiger partial charge is 0.252 e. The summed E-state index contributed by atoms with van der Waals surface area (Å²) < 4.78 is 6.52. The molecule has 0 bridgehead atoms. The van der Waals surface area contributed by atoms with Crippen LogP contribution in [0.25, 0.3) is 0 Å². The van der Waals surface area contributed by atoms with Crippen LogP contribution >= 0.6 is 0 Å². The fourth-order valence-corrected chi connectivity index (χ4v) is 1.57. The van der Waals surface area contributed by atoms with Crippen molar-refractivity contribution in [2.24, 2.45) is 0 Å². The van der Waals surface area contributed by atoms with Crippen molar-refractivity contribution in [3.63, 3.8) is 0 Å². The van der Waals surface area contributed by atoms with Crippen LogP contribution in [0.4, 0.5) is 0 Å². The van der Waals surface area contributed by atoms with Gasteiger partial charge in [-0.15, -0.1) is 5.10 Å². The van der Waals surface area contributed by atoms with Gasteiger partial charge < -0.3 is 9.84 Å². The van der Waals surface area contributed by atoms with Gasteiger partial charge in [0.05, 0.1) is 19.8 Å². The van der Waals surface area contributed by atoms with Crippen LogP contribution in [0.2, 0.25) is 0 Å². The van der Waals surface area contributed by atoms with Gasteiger partial charge >= 0.3 is 0 Å². The minimum Gasteiger partial charge on any atom is -0.497 e. The maximum atomic E-state index is 10.0. The van der Waals surface area contributed by atoms with Crippen molar-refractivity contribution in [2.75, 3.05) is 7.11 Å². The lowest BCUT2D eigenvalue weighted by molar-refractivity contribution is 0.151. The molecule has 18 heavy (non-hydrogen) atoms. The van der Waals surface area contributed by atoms with Gasteiger partial charge in [-0.1, -0.05) is 12.1 Å². The summed E-state index contributed by atoms with van der Waals surface area (Å²) in [6.07, 6.45) is 0.690. The van der Waals surface area contributed by atoms with Crippen molar-refractivity contribution >= 4 is 0 Å². The zero-order chi connectivity index (χ0) is 13.0. The van der Waals surface area contributed by atoms with Crippen LogP contribution < -0.4 is 4.74 Å². The number of nitrogens with zero attached hydrogens (tertiary/aromatic N) is 4. The van der Waals surface area contributed by atoms with E-state index < -0.39 is 6.10 Å². The third-order valence-corrected chi connectivity index (χ3v) is 2.48. The fourth-order valence-electron chi connectivity index (χ4n) is 1.57. The zero-order valence-corrected chi connectivity index (χ0v) is 9.82. The molecule has 2 aromatic rings. The Morgan fingerprint density at radius 2 is 2.39 bits per heavy atom. The lowest BCUT2D eigenvalue weighted by Crippen LogP contribution is -2.09. The molecule has 6 heteroatoms. The molecule has 1 N–H and O–H groups in total. The molecule has 0 aliphatic carbocycles. The van der Waals surface area contributed by atoms with Gasteiger partial charge in [0.15, 0.2) is 0 Å². The molecule has 0 spiro atoms. The quantitative estimate of drug-likeness (QED) is 0.863. The lowest BCUT2D eigenvalue weighted by Gasteiger charge is -2.11. The Morgan fingerprint density at radius 3 is 3.06 bits per heavy atom. The third kappa shape index (κ3) is 2.64. The van der Waals surface area contributed by atoms with E-state index in [2.05, 4.69) is 10.1 Å². The van der Waals surface area contributed by atoms with Crippen LogP contribution in [-0.4, -0.2) is 27.0 Å². The second-order valence-electron chi connectivity index (χ2n) is 3.69. The minimum absolute atomic E-state index is 0.0906. The monoisotopic (exact) mass is 244 g/mol. The second-order valence-corrected chi connectivity index (χ2v) is 3.69. The predicted molar refractivity (Wildman–Crippen MR) is 62.7 cm³/mol. The minimum atomic E-state index is -0.728. The molecule has 1 heterocycles. The van der Waals surface area contributed by atoms with Crippen LogP contribution in [0.15, 0.2) is 30.6 Å². The standard InChI is InChI=1S/C12H12N4O2/c1-18-10-4-2-3-9(5-10)11(17)7-16-8-14-12(6-13)15-16/h2-5,8,11,17H,7H2,1H3. The SMILES string of the molecule is COc1cccc(C(O)Cn2cnc(C#N)n2)c1. The zero-order valence-electron chi connectivity index (χ0n) is 9.82. The van der Waals surface area contributed by atoms with Gasteiger partial charge in [-0.3, -0.25) is 0 Å². The van der Waals surface area contributed by atoms with E-state index in [9.17, 15) is 5.11 Å². The van der Waals surface area contributed by atoms with Crippen LogP contribution in [0.5, 0.6) is 5.75 Å². The van der Waals surface area contributed by atoms with E-state index in [0.29, 0.717) is 5.75 Å². The topological polar surface area (TPSA) is 84.0 Å². The molecule has 0 saturated heterocycles. The van der Waals surface area contributed by atoms with E-state index in [4.69, 9.17) is 10.00 Å². The number of ether oxygens (including phenoxy) is 1. The summed E-state index contributed by atoms with van der Waals surface area (Å²) >= 11 is 0. The Bertz CT molecular complexity index is 573. The van der Waals surface area contributed by atoms with Gasteiger partial charge in [0.2, 0.25) is 0 Å². The number of rotatable bonds is 4.